The number of carboxylic acids is 1. The third kappa shape index (κ3) is 5.49. The van der Waals surface area contributed by atoms with E-state index in [1.807, 2.05) is 0 Å². The van der Waals surface area contributed by atoms with Crippen LogP contribution in [-0.4, -0.2) is 68.6 Å². The van der Waals surface area contributed by atoms with Crippen molar-refractivity contribution in [2.75, 3.05) is 38.7 Å². The quantitative estimate of drug-likeness (QED) is 0.736. The lowest BCUT2D eigenvalue weighted by Gasteiger charge is -2.32. The fourth-order valence-corrected chi connectivity index (χ4v) is 4.66. The molecule has 2 aliphatic rings. The monoisotopic (exact) mass is 335 g/mol. The molecule has 2 aliphatic heterocycles. The van der Waals surface area contributed by atoms with Crippen molar-refractivity contribution in [2.24, 2.45) is 5.92 Å². The van der Waals surface area contributed by atoms with Crippen molar-refractivity contribution in [2.45, 2.75) is 38.2 Å². The predicted octanol–water partition coefficient (Wildman–Crippen LogP) is 0.699. The zero-order valence-corrected chi connectivity index (χ0v) is 13.6. The minimum atomic E-state index is -3.27. The first-order valence-electron chi connectivity index (χ1n) is 7.86. The molecule has 0 radical (unpaired) electrons. The second-order valence-electron chi connectivity index (χ2n) is 6.02. The number of carbonyl (C=O) groups is 1. The van der Waals surface area contributed by atoms with E-state index in [2.05, 4.69) is 0 Å². The van der Waals surface area contributed by atoms with Crippen LogP contribution in [0.3, 0.4) is 0 Å². The van der Waals surface area contributed by atoms with Crippen LogP contribution in [0, 0.1) is 5.92 Å². The van der Waals surface area contributed by atoms with Crippen LogP contribution in [0.25, 0.3) is 0 Å². The Morgan fingerprint density at radius 3 is 2.55 bits per heavy atom. The van der Waals surface area contributed by atoms with Gasteiger partial charge in [0, 0.05) is 19.7 Å². The standard InChI is InChI=1S/C14H25NO6S/c16-14(17)10-20-9-12-4-6-15(7-5-12)22(18,19)11-13-3-1-2-8-21-13/h12-13H,1-11H2,(H,16,17). The Balaban J connectivity index is 1.73. The molecule has 1 atom stereocenters. The SMILES string of the molecule is O=C(O)COCC1CCN(S(=O)(=O)CC2CCCCO2)CC1. The molecule has 0 saturated carbocycles. The van der Waals surface area contributed by atoms with Gasteiger partial charge in [-0.25, -0.2) is 17.5 Å². The minimum absolute atomic E-state index is 0.0766. The molecule has 2 saturated heterocycles. The summed E-state index contributed by atoms with van der Waals surface area (Å²) in [5.74, 6) is -0.670. The Kier molecular flexibility index (Phi) is 6.61. The van der Waals surface area contributed by atoms with Crippen molar-refractivity contribution < 1.29 is 27.8 Å². The number of hydrogen-bond acceptors (Lipinski definition) is 5. The maximum absolute atomic E-state index is 12.4. The second-order valence-corrected chi connectivity index (χ2v) is 8.03. The number of nitrogens with zero attached hydrogens (tertiary/aromatic N) is 1. The molecular weight excluding hydrogens is 310 g/mol. The molecule has 0 aromatic carbocycles. The molecule has 1 unspecified atom stereocenters. The highest BCUT2D eigenvalue weighted by molar-refractivity contribution is 7.89. The number of carboxylic acid groups (broad SMARTS) is 1. The zero-order chi connectivity index (χ0) is 16.0. The highest BCUT2D eigenvalue weighted by Gasteiger charge is 2.31. The lowest BCUT2D eigenvalue weighted by atomic mass is 9.99. The summed E-state index contributed by atoms with van der Waals surface area (Å²) in [6.07, 6.45) is 4.12. The maximum Gasteiger partial charge on any atom is 0.329 e. The van der Waals surface area contributed by atoms with E-state index in [9.17, 15) is 13.2 Å². The van der Waals surface area contributed by atoms with Gasteiger partial charge in [0.1, 0.15) is 6.61 Å². The fourth-order valence-electron chi connectivity index (χ4n) is 2.95. The van der Waals surface area contributed by atoms with Gasteiger partial charge < -0.3 is 14.6 Å². The topological polar surface area (TPSA) is 93.1 Å². The average Bonchev–Trinajstić information content (AvgIpc) is 2.48. The van der Waals surface area contributed by atoms with E-state index in [1.165, 1.54) is 0 Å². The Morgan fingerprint density at radius 1 is 1.23 bits per heavy atom. The van der Waals surface area contributed by atoms with Crippen LogP contribution >= 0.6 is 0 Å². The molecule has 2 fully saturated rings. The Hall–Kier alpha value is -0.700. The van der Waals surface area contributed by atoms with Gasteiger partial charge in [-0.2, -0.15) is 0 Å². The number of sulfonamides is 1. The second kappa shape index (κ2) is 8.24. The summed E-state index contributed by atoms with van der Waals surface area (Å²) in [5.41, 5.74) is 0. The van der Waals surface area contributed by atoms with E-state index in [-0.39, 0.29) is 24.4 Å². The van der Waals surface area contributed by atoms with Gasteiger partial charge in [-0.1, -0.05) is 0 Å². The van der Waals surface area contributed by atoms with Crippen molar-refractivity contribution in [3.63, 3.8) is 0 Å². The number of ether oxygens (including phenoxy) is 2. The molecular formula is C14H25NO6S. The van der Waals surface area contributed by atoms with Crippen molar-refractivity contribution in [1.82, 2.24) is 4.31 Å². The first-order valence-corrected chi connectivity index (χ1v) is 9.47. The molecule has 2 heterocycles. The van der Waals surface area contributed by atoms with Crippen LogP contribution in [0.4, 0.5) is 0 Å². The summed E-state index contributed by atoms with van der Waals surface area (Å²) in [5, 5.41) is 8.52. The van der Waals surface area contributed by atoms with Crippen LogP contribution in [0.1, 0.15) is 32.1 Å². The van der Waals surface area contributed by atoms with Crippen molar-refractivity contribution in [3.8, 4) is 0 Å². The Morgan fingerprint density at radius 2 is 1.95 bits per heavy atom. The molecule has 128 valence electrons. The third-order valence-electron chi connectivity index (χ3n) is 4.22. The normalized spacial score (nSPS) is 25.2. The summed E-state index contributed by atoms with van der Waals surface area (Å²) < 4.78 is 37.0. The van der Waals surface area contributed by atoms with Gasteiger partial charge >= 0.3 is 5.97 Å². The van der Waals surface area contributed by atoms with Gasteiger partial charge in [0.25, 0.3) is 0 Å². The van der Waals surface area contributed by atoms with E-state index in [0.717, 1.165) is 19.3 Å². The van der Waals surface area contributed by atoms with Crippen molar-refractivity contribution >= 4 is 16.0 Å². The summed E-state index contributed by atoms with van der Waals surface area (Å²) in [4.78, 5) is 10.4. The average molecular weight is 335 g/mol. The number of piperidine rings is 1. The first kappa shape index (κ1) is 17.7. The predicted molar refractivity (Wildman–Crippen MR) is 80.1 cm³/mol. The molecule has 0 aromatic heterocycles. The highest BCUT2D eigenvalue weighted by atomic mass is 32.2. The van der Waals surface area contributed by atoms with Crippen LogP contribution in [0.5, 0.6) is 0 Å². The summed E-state index contributed by atoms with van der Waals surface area (Å²) in [6, 6.07) is 0. The smallest absolute Gasteiger partial charge is 0.329 e. The van der Waals surface area contributed by atoms with Gasteiger partial charge in [-0.3, -0.25) is 0 Å². The molecule has 1 N–H and O–H groups in total. The molecule has 7 nitrogen and oxygen atoms in total. The molecule has 0 amide bonds. The largest absolute Gasteiger partial charge is 0.480 e. The maximum atomic E-state index is 12.4. The van der Waals surface area contributed by atoms with Crippen LogP contribution in [0.15, 0.2) is 0 Å². The van der Waals surface area contributed by atoms with Gasteiger partial charge in [-0.05, 0) is 38.0 Å². The van der Waals surface area contributed by atoms with E-state index >= 15 is 0 Å². The molecule has 0 aliphatic carbocycles. The molecule has 0 bridgehead atoms. The minimum Gasteiger partial charge on any atom is -0.480 e. The number of rotatable bonds is 7. The van der Waals surface area contributed by atoms with Crippen LogP contribution in [-0.2, 0) is 24.3 Å². The summed E-state index contributed by atoms with van der Waals surface area (Å²) >= 11 is 0. The van der Waals surface area contributed by atoms with E-state index < -0.39 is 16.0 Å². The van der Waals surface area contributed by atoms with Gasteiger partial charge in [0.2, 0.25) is 10.0 Å². The Bertz CT molecular complexity index is 452. The van der Waals surface area contributed by atoms with E-state index in [1.54, 1.807) is 4.31 Å². The van der Waals surface area contributed by atoms with E-state index in [4.69, 9.17) is 14.6 Å². The van der Waals surface area contributed by atoms with Gasteiger partial charge in [0.15, 0.2) is 0 Å². The molecule has 8 heteroatoms. The van der Waals surface area contributed by atoms with Crippen LogP contribution < -0.4 is 0 Å². The summed E-state index contributed by atoms with van der Waals surface area (Å²) in [7, 11) is -3.27. The van der Waals surface area contributed by atoms with Crippen LogP contribution in [0.2, 0.25) is 0 Å². The number of aliphatic carboxylic acids is 1. The zero-order valence-electron chi connectivity index (χ0n) is 12.8. The summed E-state index contributed by atoms with van der Waals surface area (Å²) in [6.45, 7) is 1.71. The molecule has 0 spiro atoms. The van der Waals surface area contributed by atoms with Gasteiger partial charge in [-0.15, -0.1) is 0 Å². The Labute approximate surface area is 131 Å². The molecule has 0 aromatic rings. The number of hydrogen-bond donors (Lipinski definition) is 1. The molecule has 2 rings (SSSR count). The van der Waals surface area contributed by atoms with Gasteiger partial charge in [0.05, 0.1) is 18.5 Å². The van der Waals surface area contributed by atoms with Crippen molar-refractivity contribution in [1.29, 1.82) is 0 Å². The van der Waals surface area contributed by atoms with E-state index in [0.29, 0.717) is 39.1 Å². The fraction of sp³-hybridized carbons (Fsp3) is 0.929. The third-order valence-corrected chi connectivity index (χ3v) is 6.16. The lowest BCUT2D eigenvalue weighted by Crippen LogP contribution is -2.43. The van der Waals surface area contributed by atoms with Crippen molar-refractivity contribution in [3.05, 3.63) is 0 Å². The molecule has 22 heavy (non-hydrogen) atoms. The first-order chi connectivity index (χ1) is 10.5. The highest BCUT2D eigenvalue weighted by Crippen LogP contribution is 2.22. The lowest BCUT2D eigenvalue weighted by molar-refractivity contribution is -0.142.